The molecule has 0 bridgehead atoms. The number of benzene rings is 1. The molecule has 0 amide bonds. The van der Waals surface area contributed by atoms with E-state index in [1.54, 1.807) is 0 Å². The summed E-state index contributed by atoms with van der Waals surface area (Å²) < 4.78 is 10.6. The van der Waals surface area contributed by atoms with Crippen molar-refractivity contribution in [3.63, 3.8) is 0 Å². The van der Waals surface area contributed by atoms with E-state index in [9.17, 15) is 0 Å². The molecular weight excluding hydrogens is 178 g/mol. The molecule has 1 aliphatic rings. The highest BCUT2D eigenvalue weighted by atomic mass is 16.6. The van der Waals surface area contributed by atoms with Gasteiger partial charge in [0.2, 0.25) is 0 Å². The minimum Gasteiger partial charge on any atom is -0.376 e. The normalized spacial score (nSPS) is 18.9. The third-order valence-electron chi connectivity index (χ3n) is 2.35. The predicted molar refractivity (Wildman–Crippen MR) is 53.9 cm³/mol. The first-order valence-corrected chi connectivity index (χ1v) is 4.86. The van der Waals surface area contributed by atoms with Crippen LogP contribution in [0, 0.1) is 0 Å². The van der Waals surface area contributed by atoms with Crippen LogP contribution in [-0.4, -0.2) is 25.9 Å². The molecule has 3 heteroatoms. The van der Waals surface area contributed by atoms with Crippen LogP contribution in [0.25, 0.3) is 0 Å². The van der Waals surface area contributed by atoms with Crippen molar-refractivity contribution >= 4 is 0 Å². The molecule has 0 aromatic heterocycles. The molecule has 1 saturated heterocycles. The average molecular weight is 193 g/mol. The Morgan fingerprint density at radius 3 is 2.64 bits per heavy atom. The maximum atomic E-state index is 5.96. The van der Waals surface area contributed by atoms with Gasteiger partial charge < -0.3 is 15.2 Å². The van der Waals surface area contributed by atoms with Gasteiger partial charge in [0, 0.05) is 0 Å². The fraction of sp³-hybridized carbons (Fsp3) is 0.455. The molecule has 1 fully saturated rings. The summed E-state index contributed by atoms with van der Waals surface area (Å²) in [5, 5.41) is 0. The zero-order chi connectivity index (χ0) is 9.80. The number of rotatable bonds is 4. The van der Waals surface area contributed by atoms with E-state index < -0.39 is 0 Å². The monoisotopic (exact) mass is 193 g/mol. The van der Waals surface area contributed by atoms with Crippen molar-refractivity contribution in [3.8, 4) is 0 Å². The zero-order valence-corrected chi connectivity index (χ0v) is 8.06. The number of hydrogen-bond donors (Lipinski definition) is 1. The Morgan fingerprint density at radius 2 is 2.07 bits per heavy atom. The summed E-state index contributed by atoms with van der Waals surface area (Å²) in [6.07, 6.45) is 0.254. The Morgan fingerprint density at radius 1 is 1.36 bits per heavy atom. The third kappa shape index (κ3) is 2.32. The van der Waals surface area contributed by atoms with E-state index in [1.807, 2.05) is 30.3 Å². The van der Waals surface area contributed by atoms with Gasteiger partial charge >= 0.3 is 0 Å². The van der Waals surface area contributed by atoms with Gasteiger partial charge in [-0.2, -0.15) is 0 Å². The zero-order valence-electron chi connectivity index (χ0n) is 8.06. The molecule has 0 spiro atoms. The minimum atomic E-state index is -0.0307. The third-order valence-corrected chi connectivity index (χ3v) is 2.35. The lowest BCUT2D eigenvalue weighted by Gasteiger charge is -2.27. The van der Waals surface area contributed by atoms with Crippen molar-refractivity contribution in [1.29, 1.82) is 0 Å². The Kier molecular flexibility index (Phi) is 3.14. The van der Waals surface area contributed by atoms with E-state index in [0.29, 0.717) is 19.8 Å². The standard InChI is InChI=1S/C11H15NO2/c12-11(8-14-10-6-13-7-10)9-4-2-1-3-5-9/h1-5,10-11H,6-8,12H2. The molecule has 2 N–H and O–H groups in total. The van der Waals surface area contributed by atoms with E-state index in [-0.39, 0.29) is 12.1 Å². The van der Waals surface area contributed by atoms with Gasteiger partial charge in [0.05, 0.1) is 25.9 Å². The van der Waals surface area contributed by atoms with Crippen LogP contribution >= 0.6 is 0 Å². The number of nitrogens with two attached hydrogens (primary N) is 1. The number of hydrogen-bond acceptors (Lipinski definition) is 3. The van der Waals surface area contributed by atoms with Crippen LogP contribution < -0.4 is 5.73 Å². The predicted octanol–water partition coefficient (Wildman–Crippen LogP) is 1.10. The van der Waals surface area contributed by atoms with Crippen LogP contribution in [0.3, 0.4) is 0 Å². The van der Waals surface area contributed by atoms with Crippen molar-refractivity contribution in [3.05, 3.63) is 35.9 Å². The number of ether oxygens (including phenoxy) is 2. The second-order valence-corrected chi connectivity index (χ2v) is 3.51. The lowest BCUT2D eigenvalue weighted by atomic mass is 10.1. The van der Waals surface area contributed by atoms with Gasteiger partial charge in [0.1, 0.15) is 6.10 Å². The molecule has 0 aliphatic carbocycles. The second-order valence-electron chi connectivity index (χ2n) is 3.51. The van der Waals surface area contributed by atoms with Crippen LogP contribution in [0.4, 0.5) is 0 Å². The molecule has 1 unspecified atom stereocenters. The first-order chi connectivity index (χ1) is 6.86. The Balaban J connectivity index is 1.80. The van der Waals surface area contributed by atoms with Gasteiger partial charge in [0.15, 0.2) is 0 Å². The summed E-state index contributed by atoms with van der Waals surface area (Å²) >= 11 is 0. The maximum absolute atomic E-state index is 5.96. The summed E-state index contributed by atoms with van der Waals surface area (Å²) in [5.41, 5.74) is 7.07. The van der Waals surface area contributed by atoms with E-state index in [1.165, 1.54) is 0 Å². The van der Waals surface area contributed by atoms with Gasteiger partial charge in [-0.3, -0.25) is 0 Å². The Labute approximate surface area is 83.8 Å². The van der Waals surface area contributed by atoms with Crippen LogP contribution in [0.1, 0.15) is 11.6 Å². The highest BCUT2D eigenvalue weighted by Gasteiger charge is 2.19. The van der Waals surface area contributed by atoms with Gasteiger partial charge in [-0.1, -0.05) is 30.3 Å². The van der Waals surface area contributed by atoms with E-state index in [0.717, 1.165) is 5.56 Å². The molecule has 1 aliphatic heterocycles. The van der Waals surface area contributed by atoms with Gasteiger partial charge in [-0.15, -0.1) is 0 Å². The lowest BCUT2D eigenvalue weighted by Crippen LogP contribution is -2.37. The summed E-state index contributed by atoms with van der Waals surface area (Å²) in [6, 6.07) is 9.97. The van der Waals surface area contributed by atoms with Crippen LogP contribution in [0.5, 0.6) is 0 Å². The molecule has 3 nitrogen and oxygen atoms in total. The highest BCUT2D eigenvalue weighted by Crippen LogP contribution is 2.12. The smallest absolute Gasteiger partial charge is 0.104 e. The molecule has 1 atom stereocenters. The molecule has 1 heterocycles. The molecule has 14 heavy (non-hydrogen) atoms. The lowest BCUT2D eigenvalue weighted by molar-refractivity contribution is -0.131. The first-order valence-electron chi connectivity index (χ1n) is 4.86. The largest absolute Gasteiger partial charge is 0.376 e. The summed E-state index contributed by atoms with van der Waals surface area (Å²) in [6.45, 7) is 1.99. The molecule has 0 saturated carbocycles. The topological polar surface area (TPSA) is 44.5 Å². The van der Waals surface area contributed by atoms with E-state index >= 15 is 0 Å². The SMILES string of the molecule is NC(COC1COC1)c1ccccc1. The van der Waals surface area contributed by atoms with Crippen LogP contribution in [-0.2, 0) is 9.47 Å². The van der Waals surface area contributed by atoms with E-state index in [2.05, 4.69) is 0 Å². The van der Waals surface area contributed by atoms with Crippen molar-refractivity contribution < 1.29 is 9.47 Å². The average Bonchev–Trinajstić information content (AvgIpc) is 2.16. The van der Waals surface area contributed by atoms with Crippen molar-refractivity contribution in [2.24, 2.45) is 5.73 Å². The molecule has 1 aromatic rings. The molecule has 76 valence electrons. The van der Waals surface area contributed by atoms with Crippen LogP contribution in [0.2, 0.25) is 0 Å². The fourth-order valence-corrected chi connectivity index (χ4v) is 1.35. The molecule has 2 rings (SSSR count). The molecular formula is C11H15NO2. The summed E-state index contributed by atoms with van der Waals surface area (Å²) in [5.74, 6) is 0. The van der Waals surface area contributed by atoms with Gasteiger partial charge in [0.25, 0.3) is 0 Å². The maximum Gasteiger partial charge on any atom is 0.104 e. The van der Waals surface area contributed by atoms with Crippen molar-refractivity contribution in [2.45, 2.75) is 12.1 Å². The summed E-state index contributed by atoms with van der Waals surface area (Å²) in [4.78, 5) is 0. The Bertz CT molecular complexity index is 272. The fourth-order valence-electron chi connectivity index (χ4n) is 1.35. The molecule has 1 aromatic carbocycles. The quantitative estimate of drug-likeness (QED) is 0.778. The van der Waals surface area contributed by atoms with Crippen LogP contribution in [0.15, 0.2) is 30.3 Å². The highest BCUT2D eigenvalue weighted by molar-refractivity contribution is 5.18. The molecule has 0 radical (unpaired) electrons. The Hall–Kier alpha value is -0.900. The van der Waals surface area contributed by atoms with Gasteiger partial charge in [-0.25, -0.2) is 0 Å². The van der Waals surface area contributed by atoms with E-state index in [4.69, 9.17) is 15.2 Å². The minimum absolute atomic E-state index is 0.0307. The van der Waals surface area contributed by atoms with Gasteiger partial charge in [-0.05, 0) is 5.56 Å². The van der Waals surface area contributed by atoms with Crippen molar-refractivity contribution in [1.82, 2.24) is 0 Å². The summed E-state index contributed by atoms with van der Waals surface area (Å²) in [7, 11) is 0. The second kappa shape index (κ2) is 4.55. The van der Waals surface area contributed by atoms with Crippen molar-refractivity contribution in [2.75, 3.05) is 19.8 Å². The first kappa shape index (κ1) is 9.65.